The second kappa shape index (κ2) is 7.61. The average Bonchev–Trinajstić information content (AvgIpc) is 3.17. The molecule has 150 valence electrons. The van der Waals surface area contributed by atoms with Crippen molar-refractivity contribution in [3.63, 3.8) is 0 Å². The molecule has 2 aromatic carbocycles. The summed E-state index contributed by atoms with van der Waals surface area (Å²) in [7, 11) is -3.97. The Kier molecular flexibility index (Phi) is 5.14. The number of halogens is 1. The molecule has 1 N–H and O–H groups in total. The van der Waals surface area contributed by atoms with E-state index in [4.69, 9.17) is 0 Å². The van der Waals surface area contributed by atoms with E-state index < -0.39 is 15.8 Å². The van der Waals surface area contributed by atoms with Crippen molar-refractivity contribution in [2.75, 3.05) is 11.3 Å². The highest BCUT2D eigenvalue weighted by atomic mass is 32.2. The molecule has 3 aromatic rings. The van der Waals surface area contributed by atoms with E-state index in [-0.39, 0.29) is 16.5 Å². The van der Waals surface area contributed by atoms with Gasteiger partial charge in [0.05, 0.1) is 4.90 Å². The Hall–Kier alpha value is -2.71. The number of fused-ring (bicyclic) bond motifs is 1. The Balaban J connectivity index is 1.54. The first-order valence-electron chi connectivity index (χ1n) is 9.07. The second-order valence-corrected chi connectivity index (χ2v) is 9.63. The number of sulfonamides is 1. The summed E-state index contributed by atoms with van der Waals surface area (Å²) in [5, 5.41) is 2.03. The summed E-state index contributed by atoms with van der Waals surface area (Å²) in [5.74, 6) is -0.737. The van der Waals surface area contributed by atoms with Crippen LogP contribution < -0.4 is 4.72 Å². The zero-order valence-electron chi connectivity index (χ0n) is 15.7. The van der Waals surface area contributed by atoms with Crippen LogP contribution in [0.2, 0.25) is 0 Å². The van der Waals surface area contributed by atoms with Crippen LogP contribution >= 0.6 is 11.3 Å². The lowest BCUT2D eigenvalue weighted by Gasteiger charge is -2.27. The zero-order chi connectivity index (χ0) is 20.6. The molecule has 5 nitrogen and oxygen atoms in total. The predicted octanol–water partition coefficient (Wildman–Crippen LogP) is 4.19. The standard InChI is InChI=1S/C21H19FN2O3S2/c1-14-5-6-18(12-19(14)22)29(26,27)23-17-4-2-3-15(11-17)21(25)24-9-7-20-16(13-24)8-10-28-20/h2-6,8,10-12,23H,7,9,13H2,1H3. The van der Waals surface area contributed by atoms with Crippen molar-refractivity contribution in [2.24, 2.45) is 0 Å². The Morgan fingerprint density at radius 3 is 2.79 bits per heavy atom. The molecule has 0 radical (unpaired) electrons. The number of aryl methyl sites for hydroxylation is 1. The van der Waals surface area contributed by atoms with Crippen LogP contribution in [0, 0.1) is 12.7 Å². The molecule has 2 heterocycles. The van der Waals surface area contributed by atoms with Gasteiger partial charge in [-0.05, 0) is 66.2 Å². The Morgan fingerprint density at radius 2 is 2.00 bits per heavy atom. The minimum atomic E-state index is -3.97. The number of carbonyl (C=O) groups excluding carboxylic acids is 1. The molecule has 1 aliphatic rings. The van der Waals surface area contributed by atoms with E-state index in [1.165, 1.54) is 23.1 Å². The van der Waals surface area contributed by atoms with E-state index in [0.29, 0.717) is 24.2 Å². The molecule has 1 amide bonds. The number of benzene rings is 2. The Labute approximate surface area is 172 Å². The molecule has 0 fully saturated rings. The van der Waals surface area contributed by atoms with Crippen LogP contribution in [0.1, 0.15) is 26.4 Å². The van der Waals surface area contributed by atoms with Gasteiger partial charge < -0.3 is 4.90 Å². The van der Waals surface area contributed by atoms with Crippen LogP contribution in [0.4, 0.5) is 10.1 Å². The van der Waals surface area contributed by atoms with Gasteiger partial charge in [0.1, 0.15) is 5.82 Å². The first kappa shape index (κ1) is 19.6. The number of thiophene rings is 1. The van der Waals surface area contributed by atoms with Crippen LogP contribution in [0.5, 0.6) is 0 Å². The van der Waals surface area contributed by atoms with Crippen LogP contribution in [0.3, 0.4) is 0 Å². The average molecular weight is 431 g/mol. The first-order chi connectivity index (χ1) is 13.8. The van der Waals surface area contributed by atoms with Crippen LogP contribution in [-0.4, -0.2) is 25.8 Å². The number of rotatable bonds is 4. The highest BCUT2D eigenvalue weighted by Gasteiger charge is 2.23. The van der Waals surface area contributed by atoms with Crippen molar-refractivity contribution in [2.45, 2.75) is 24.8 Å². The van der Waals surface area contributed by atoms with Gasteiger partial charge >= 0.3 is 0 Å². The van der Waals surface area contributed by atoms with Gasteiger partial charge in [-0.1, -0.05) is 12.1 Å². The number of carbonyl (C=O) groups is 1. The monoisotopic (exact) mass is 430 g/mol. The van der Waals surface area contributed by atoms with E-state index in [9.17, 15) is 17.6 Å². The molecular weight excluding hydrogens is 411 g/mol. The van der Waals surface area contributed by atoms with Crippen LogP contribution in [0.15, 0.2) is 58.8 Å². The smallest absolute Gasteiger partial charge is 0.261 e. The van der Waals surface area contributed by atoms with Gasteiger partial charge in [0.25, 0.3) is 15.9 Å². The number of nitrogens with one attached hydrogen (secondary N) is 1. The number of amides is 1. The Bertz CT molecular complexity index is 1190. The summed E-state index contributed by atoms with van der Waals surface area (Å²) >= 11 is 1.70. The molecule has 0 atom stereocenters. The maximum atomic E-state index is 13.8. The van der Waals surface area contributed by atoms with Crippen LogP contribution in [-0.2, 0) is 23.0 Å². The first-order valence-corrected chi connectivity index (χ1v) is 11.4. The summed E-state index contributed by atoms with van der Waals surface area (Å²) in [5.41, 5.74) is 2.18. The van der Waals surface area contributed by atoms with Gasteiger partial charge in [0, 0.05) is 29.2 Å². The molecule has 0 spiro atoms. The minimum absolute atomic E-state index is 0.149. The van der Waals surface area contributed by atoms with Crippen molar-refractivity contribution in [3.05, 3.63) is 81.3 Å². The minimum Gasteiger partial charge on any atom is -0.334 e. The van der Waals surface area contributed by atoms with Crippen molar-refractivity contribution in [1.29, 1.82) is 0 Å². The Morgan fingerprint density at radius 1 is 1.17 bits per heavy atom. The third-order valence-electron chi connectivity index (χ3n) is 4.91. The molecule has 4 rings (SSSR count). The van der Waals surface area contributed by atoms with Gasteiger partial charge in [-0.25, -0.2) is 12.8 Å². The lowest BCUT2D eigenvalue weighted by molar-refractivity contribution is 0.0736. The van der Waals surface area contributed by atoms with E-state index >= 15 is 0 Å². The van der Waals surface area contributed by atoms with Gasteiger partial charge in [0.2, 0.25) is 0 Å². The SMILES string of the molecule is Cc1ccc(S(=O)(=O)Nc2cccc(C(=O)N3CCc4sccc4C3)c2)cc1F. The molecule has 1 aromatic heterocycles. The highest BCUT2D eigenvalue weighted by Crippen LogP contribution is 2.26. The third-order valence-corrected chi connectivity index (χ3v) is 7.31. The molecule has 0 aliphatic carbocycles. The molecule has 0 unspecified atom stereocenters. The van der Waals surface area contributed by atoms with E-state index in [0.717, 1.165) is 18.1 Å². The summed E-state index contributed by atoms with van der Waals surface area (Å²) in [6.45, 7) is 2.75. The van der Waals surface area contributed by atoms with Crippen molar-refractivity contribution >= 4 is 33.0 Å². The second-order valence-electron chi connectivity index (χ2n) is 6.94. The predicted molar refractivity (Wildman–Crippen MR) is 111 cm³/mol. The van der Waals surface area contributed by atoms with Gasteiger partial charge in [-0.2, -0.15) is 0 Å². The fourth-order valence-corrected chi connectivity index (χ4v) is 5.23. The zero-order valence-corrected chi connectivity index (χ0v) is 17.3. The summed E-state index contributed by atoms with van der Waals surface area (Å²) in [4.78, 5) is 15.8. The maximum absolute atomic E-state index is 13.8. The van der Waals surface area contributed by atoms with E-state index in [2.05, 4.69) is 4.72 Å². The van der Waals surface area contributed by atoms with Crippen molar-refractivity contribution < 1.29 is 17.6 Å². The lowest BCUT2D eigenvalue weighted by Crippen LogP contribution is -2.35. The molecule has 1 aliphatic heterocycles. The van der Waals surface area contributed by atoms with Crippen molar-refractivity contribution in [1.82, 2.24) is 4.90 Å². The quantitative estimate of drug-likeness (QED) is 0.675. The molecule has 0 saturated carbocycles. The number of nitrogens with zero attached hydrogens (tertiary/aromatic N) is 1. The summed E-state index contributed by atoms with van der Waals surface area (Å²) in [6.07, 6.45) is 0.823. The van der Waals surface area contributed by atoms with Gasteiger partial charge in [-0.15, -0.1) is 11.3 Å². The molecular formula is C21H19FN2O3S2. The number of hydrogen-bond acceptors (Lipinski definition) is 4. The van der Waals surface area contributed by atoms with Crippen molar-refractivity contribution in [3.8, 4) is 0 Å². The normalized spacial score (nSPS) is 13.8. The van der Waals surface area contributed by atoms with Gasteiger partial charge in [0.15, 0.2) is 0 Å². The molecule has 8 heteroatoms. The van der Waals surface area contributed by atoms with Crippen LogP contribution in [0.25, 0.3) is 0 Å². The molecule has 0 bridgehead atoms. The van der Waals surface area contributed by atoms with E-state index in [1.807, 2.05) is 11.4 Å². The third kappa shape index (κ3) is 4.04. The maximum Gasteiger partial charge on any atom is 0.261 e. The fourth-order valence-electron chi connectivity index (χ4n) is 3.27. The number of hydrogen-bond donors (Lipinski definition) is 1. The highest BCUT2D eigenvalue weighted by molar-refractivity contribution is 7.92. The summed E-state index contributed by atoms with van der Waals surface area (Å²) in [6, 6.07) is 12.1. The summed E-state index contributed by atoms with van der Waals surface area (Å²) < 4.78 is 41.4. The largest absolute Gasteiger partial charge is 0.334 e. The molecule has 0 saturated heterocycles. The number of anilines is 1. The topological polar surface area (TPSA) is 66.5 Å². The van der Waals surface area contributed by atoms with E-state index in [1.54, 1.807) is 41.4 Å². The molecule has 29 heavy (non-hydrogen) atoms. The van der Waals surface area contributed by atoms with Gasteiger partial charge in [-0.3, -0.25) is 9.52 Å². The fraction of sp³-hybridized carbons (Fsp3) is 0.190. The lowest BCUT2D eigenvalue weighted by atomic mass is 10.1.